The van der Waals surface area contributed by atoms with Gasteiger partial charge in [-0.25, -0.2) is 0 Å². The van der Waals surface area contributed by atoms with Gasteiger partial charge in [0.05, 0.1) is 13.5 Å². The van der Waals surface area contributed by atoms with Gasteiger partial charge in [-0.05, 0) is 31.4 Å². The average molecular weight is 299 g/mol. The van der Waals surface area contributed by atoms with Gasteiger partial charge < -0.3 is 15.8 Å². The number of rotatable bonds is 5. The number of hydrogen-bond acceptors (Lipinski definition) is 3. The number of nitrogens with two attached hydrogens (primary N) is 1. The van der Waals surface area contributed by atoms with Crippen LogP contribution in [0, 0.1) is 5.92 Å². The van der Waals surface area contributed by atoms with E-state index in [-0.39, 0.29) is 24.4 Å². The monoisotopic (exact) mass is 298 g/mol. The summed E-state index contributed by atoms with van der Waals surface area (Å²) in [6, 6.07) is 7.87. The first-order chi connectivity index (χ1) is 9.24. The Morgan fingerprint density at radius 2 is 2.15 bits per heavy atom. The lowest BCUT2D eigenvalue weighted by Crippen LogP contribution is -2.40. The van der Waals surface area contributed by atoms with Crippen LogP contribution >= 0.6 is 12.4 Å². The van der Waals surface area contributed by atoms with E-state index in [2.05, 4.69) is 5.32 Å². The first-order valence-corrected chi connectivity index (χ1v) is 6.86. The molecule has 0 saturated heterocycles. The number of carbonyl (C=O) groups is 1. The Morgan fingerprint density at radius 1 is 1.40 bits per heavy atom. The molecule has 0 aliphatic heterocycles. The smallest absolute Gasteiger partial charge is 0.224 e. The van der Waals surface area contributed by atoms with Gasteiger partial charge in [-0.2, -0.15) is 0 Å². The van der Waals surface area contributed by atoms with Crippen LogP contribution in [0.3, 0.4) is 0 Å². The van der Waals surface area contributed by atoms with Crippen molar-refractivity contribution in [1.29, 1.82) is 0 Å². The van der Waals surface area contributed by atoms with Gasteiger partial charge in [0.25, 0.3) is 0 Å². The number of benzene rings is 1. The summed E-state index contributed by atoms with van der Waals surface area (Å²) in [4.78, 5) is 12.1. The van der Waals surface area contributed by atoms with E-state index in [0.717, 1.165) is 30.6 Å². The lowest BCUT2D eigenvalue weighted by atomic mass is 10.0. The highest BCUT2D eigenvalue weighted by Crippen LogP contribution is 2.25. The maximum Gasteiger partial charge on any atom is 0.224 e. The van der Waals surface area contributed by atoms with Crippen LogP contribution in [0.25, 0.3) is 0 Å². The van der Waals surface area contributed by atoms with Crippen LogP contribution < -0.4 is 15.8 Å². The highest BCUT2D eigenvalue weighted by molar-refractivity contribution is 5.85. The second-order valence-electron chi connectivity index (χ2n) is 5.09. The van der Waals surface area contributed by atoms with Gasteiger partial charge in [0, 0.05) is 11.6 Å². The summed E-state index contributed by atoms with van der Waals surface area (Å²) in [5, 5.41) is 3.11. The predicted molar refractivity (Wildman–Crippen MR) is 82.3 cm³/mol. The summed E-state index contributed by atoms with van der Waals surface area (Å²) in [7, 11) is 1.62. The Hall–Kier alpha value is -1.26. The van der Waals surface area contributed by atoms with Gasteiger partial charge in [0.2, 0.25) is 5.91 Å². The molecule has 1 fully saturated rings. The molecule has 1 saturated carbocycles. The molecule has 5 heteroatoms. The molecule has 0 spiro atoms. The van der Waals surface area contributed by atoms with Gasteiger partial charge in [0.15, 0.2) is 0 Å². The second kappa shape index (κ2) is 8.12. The van der Waals surface area contributed by atoms with Crippen molar-refractivity contribution in [1.82, 2.24) is 5.32 Å². The van der Waals surface area contributed by atoms with E-state index in [9.17, 15) is 4.79 Å². The molecule has 3 N–H and O–H groups in total. The molecular weight excluding hydrogens is 276 g/mol. The van der Waals surface area contributed by atoms with Crippen LogP contribution in [-0.4, -0.2) is 25.6 Å². The van der Waals surface area contributed by atoms with Crippen LogP contribution in [0.5, 0.6) is 5.75 Å². The number of hydrogen-bond donors (Lipinski definition) is 2. The van der Waals surface area contributed by atoms with Crippen molar-refractivity contribution in [2.75, 3.05) is 13.7 Å². The normalized spacial score (nSPS) is 21.1. The van der Waals surface area contributed by atoms with E-state index in [4.69, 9.17) is 10.5 Å². The Bertz CT molecular complexity index is 440. The van der Waals surface area contributed by atoms with Crippen molar-refractivity contribution in [2.45, 2.75) is 31.7 Å². The van der Waals surface area contributed by atoms with Crippen LogP contribution in [0.15, 0.2) is 24.3 Å². The molecule has 2 rings (SSSR count). The first kappa shape index (κ1) is 16.8. The predicted octanol–water partition coefficient (Wildman–Crippen LogP) is 1.90. The first-order valence-electron chi connectivity index (χ1n) is 6.86. The summed E-state index contributed by atoms with van der Waals surface area (Å²) >= 11 is 0. The van der Waals surface area contributed by atoms with Crippen LogP contribution in [-0.2, 0) is 11.2 Å². The standard InChI is InChI=1S/C15H22N2O2.ClH/c1-19-14-8-3-2-5-11(14)9-15(18)17-13-7-4-6-12(13)10-16;/h2-3,5,8,12-13H,4,6-7,9-10,16H2,1H3,(H,17,18);1H. The number of halogens is 1. The highest BCUT2D eigenvalue weighted by atomic mass is 35.5. The van der Waals surface area contributed by atoms with E-state index in [1.165, 1.54) is 0 Å². The van der Waals surface area contributed by atoms with Gasteiger partial charge in [-0.3, -0.25) is 4.79 Å². The zero-order valence-electron chi connectivity index (χ0n) is 11.8. The van der Waals surface area contributed by atoms with Crippen molar-refractivity contribution in [3.8, 4) is 5.75 Å². The van der Waals surface area contributed by atoms with Gasteiger partial charge in [-0.1, -0.05) is 24.6 Å². The molecule has 1 aliphatic carbocycles. The maximum atomic E-state index is 12.1. The molecule has 0 bridgehead atoms. The summed E-state index contributed by atoms with van der Waals surface area (Å²) < 4.78 is 5.26. The van der Waals surface area contributed by atoms with Crippen LogP contribution in [0.1, 0.15) is 24.8 Å². The van der Waals surface area contributed by atoms with Crippen molar-refractivity contribution in [3.63, 3.8) is 0 Å². The summed E-state index contributed by atoms with van der Waals surface area (Å²) in [6.45, 7) is 0.652. The third kappa shape index (κ3) is 4.12. The molecule has 20 heavy (non-hydrogen) atoms. The second-order valence-corrected chi connectivity index (χ2v) is 5.09. The minimum Gasteiger partial charge on any atom is -0.496 e. The summed E-state index contributed by atoms with van der Waals surface area (Å²) in [5.41, 5.74) is 6.65. The number of nitrogens with one attached hydrogen (secondary N) is 1. The molecule has 0 aromatic heterocycles. The van der Waals surface area contributed by atoms with Crippen molar-refractivity contribution in [3.05, 3.63) is 29.8 Å². The minimum absolute atomic E-state index is 0. The molecule has 2 unspecified atom stereocenters. The number of para-hydroxylation sites is 1. The molecule has 2 atom stereocenters. The Kier molecular flexibility index (Phi) is 6.82. The minimum atomic E-state index is 0. The third-order valence-corrected chi connectivity index (χ3v) is 3.85. The Balaban J connectivity index is 0.00000200. The number of ether oxygens (including phenoxy) is 1. The molecule has 112 valence electrons. The van der Waals surface area contributed by atoms with Gasteiger partial charge in [0.1, 0.15) is 5.75 Å². The molecule has 4 nitrogen and oxygen atoms in total. The molecule has 1 aromatic rings. The lowest BCUT2D eigenvalue weighted by molar-refractivity contribution is -0.121. The van der Waals surface area contributed by atoms with E-state index in [1.54, 1.807) is 7.11 Å². The fraction of sp³-hybridized carbons (Fsp3) is 0.533. The highest BCUT2D eigenvalue weighted by Gasteiger charge is 2.27. The van der Waals surface area contributed by atoms with Gasteiger partial charge in [-0.15, -0.1) is 12.4 Å². The largest absolute Gasteiger partial charge is 0.496 e. The molecule has 0 radical (unpaired) electrons. The van der Waals surface area contributed by atoms with Crippen LogP contribution in [0.4, 0.5) is 0 Å². The molecule has 1 aromatic carbocycles. The van der Waals surface area contributed by atoms with E-state index >= 15 is 0 Å². The SMILES string of the molecule is COc1ccccc1CC(=O)NC1CCCC1CN.Cl. The number of carbonyl (C=O) groups excluding carboxylic acids is 1. The van der Waals surface area contributed by atoms with Gasteiger partial charge >= 0.3 is 0 Å². The van der Waals surface area contributed by atoms with E-state index in [0.29, 0.717) is 18.9 Å². The lowest BCUT2D eigenvalue weighted by Gasteiger charge is -2.19. The molecule has 1 aliphatic rings. The third-order valence-electron chi connectivity index (χ3n) is 3.85. The van der Waals surface area contributed by atoms with Crippen molar-refractivity contribution >= 4 is 18.3 Å². The summed E-state index contributed by atoms with van der Waals surface area (Å²) in [6.07, 6.45) is 3.68. The Labute approximate surface area is 126 Å². The topological polar surface area (TPSA) is 64.3 Å². The fourth-order valence-corrected chi connectivity index (χ4v) is 2.79. The number of amides is 1. The quantitative estimate of drug-likeness (QED) is 0.873. The molecule has 0 heterocycles. The Morgan fingerprint density at radius 3 is 2.85 bits per heavy atom. The number of methoxy groups -OCH3 is 1. The molecular formula is C15H23ClN2O2. The van der Waals surface area contributed by atoms with E-state index in [1.807, 2.05) is 24.3 Å². The van der Waals surface area contributed by atoms with E-state index < -0.39 is 0 Å². The van der Waals surface area contributed by atoms with Crippen molar-refractivity contribution in [2.24, 2.45) is 11.7 Å². The fourth-order valence-electron chi connectivity index (χ4n) is 2.79. The zero-order chi connectivity index (χ0) is 13.7. The maximum absolute atomic E-state index is 12.1. The summed E-state index contributed by atoms with van der Waals surface area (Å²) in [5.74, 6) is 1.25. The van der Waals surface area contributed by atoms with Crippen molar-refractivity contribution < 1.29 is 9.53 Å². The zero-order valence-corrected chi connectivity index (χ0v) is 12.6. The average Bonchev–Trinajstić information content (AvgIpc) is 2.86. The van der Waals surface area contributed by atoms with Crippen LogP contribution in [0.2, 0.25) is 0 Å². The molecule has 1 amide bonds.